The fourth-order valence-electron chi connectivity index (χ4n) is 2.48. The quantitative estimate of drug-likeness (QED) is 0.702. The molecule has 2 N–H and O–H groups in total. The standard InChI is InChI=1S/C19H20N2O3/c1-23-16-6-8-17(9-7-16)24-13-19(22)20-11-10-15-12-14-4-2-3-5-18(14)21-15/h2-9,12,21H,10-11,13H2,1H3,(H,20,22). The van der Waals surface area contributed by atoms with Gasteiger partial charge in [-0.1, -0.05) is 18.2 Å². The van der Waals surface area contributed by atoms with Gasteiger partial charge in [0, 0.05) is 24.2 Å². The van der Waals surface area contributed by atoms with Crippen molar-refractivity contribution in [2.75, 3.05) is 20.3 Å². The number of carbonyl (C=O) groups excluding carboxylic acids is 1. The lowest BCUT2D eigenvalue weighted by Crippen LogP contribution is -2.30. The van der Waals surface area contributed by atoms with E-state index >= 15 is 0 Å². The molecule has 0 saturated heterocycles. The van der Waals surface area contributed by atoms with Gasteiger partial charge in [0.05, 0.1) is 7.11 Å². The van der Waals surface area contributed by atoms with E-state index in [1.165, 1.54) is 5.39 Å². The van der Waals surface area contributed by atoms with E-state index in [1.54, 1.807) is 31.4 Å². The van der Waals surface area contributed by atoms with Gasteiger partial charge in [-0.05, 0) is 41.8 Å². The Kier molecular flexibility index (Phi) is 5.01. The zero-order valence-corrected chi connectivity index (χ0v) is 13.5. The SMILES string of the molecule is COc1ccc(OCC(=O)NCCc2cc3ccccc3[nH]2)cc1. The van der Waals surface area contributed by atoms with Crippen molar-refractivity contribution >= 4 is 16.8 Å². The molecule has 1 heterocycles. The van der Waals surface area contributed by atoms with E-state index in [0.717, 1.165) is 23.4 Å². The van der Waals surface area contributed by atoms with Crippen molar-refractivity contribution < 1.29 is 14.3 Å². The van der Waals surface area contributed by atoms with Gasteiger partial charge < -0.3 is 19.8 Å². The number of amides is 1. The molecule has 3 aromatic rings. The fraction of sp³-hybridized carbons (Fsp3) is 0.211. The van der Waals surface area contributed by atoms with E-state index in [-0.39, 0.29) is 12.5 Å². The first-order chi connectivity index (χ1) is 11.7. The third-order valence-electron chi connectivity index (χ3n) is 3.73. The lowest BCUT2D eigenvalue weighted by atomic mass is 10.2. The Balaban J connectivity index is 1.41. The van der Waals surface area contributed by atoms with Crippen molar-refractivity contribution in [2.24, 2.45) is 0 Å². The minimum atomic E-state index is -0.137. The molecule has 0 unspecified atom stereocenters. The first-order valence-corrected chi connectivity index (χ1v) is 7.85. The highest BCUT2D eigenvalue weighted by atomic mass is 16.5. The number of ether oxygens (including phenoxy) is 2. The monoisotopic (exact) mass is 324 g/mol. The molecular formula is C19H20N2O3. The summed E-state index contributed by atoms with van der Waals surface area (Å²) in [7, 11) is 1.61. The first-order valence-electron chi connectivity index (χ1n) is 7.85. The van der Waals surface area contributed by atoms with Crippen molar-refractivity contribution in [3.8, 4) is 11.5 Å². The summed E-state index contributed by atoms with van der Waals surface area (Å²) >= 11 is 0. The molecule has 0 fully saturated rings. The van der Waals surface area contributed by atoms with Crippen molar-refractivity contribution in [3.05, 3.63) is 60.3 Å². The number of aromatic nitrogens is 1. The van der Waals surface area contributed by atoms with Gasteiger partial charge in [-0.3, -0.25) is 4.79 Å². The summed E-state index contributed by atoms with van der Waals surface area (Å²) in [5.74, 6) is 1.26. The van der Waals surface area contributed by atoms with Gasteiger partial charge >= 0.3 is 0 Å². The van der Waals surface area contributed by atoms with Crippen LogP contribution in [-0.4, -0.2) is 31.2 Å². The number of rotatable bonds is 7. The second-order valence-corrected chi connectivity index (χ2v) is 5.45. The smallest absolute Gasteiger partial charge is 0.257 e. The summed E-state index contributed by atoms with van der Waals surface area (Å²) in [4.78, 5) is 15.2. The van der Waals surface area contributed by atoms with Crippen LogP contribution in [0.15, 0.2) is 54.6 Å². The van der Waals surface area contributed by atoms with Crippen LogP contribution < -0.4 is 14.8 Å². The average molecular weight is 324 g/mol. The summed E-state index contributed by atoms with van der Waals surface area (Å²) in [6, 6.07) is 17.4. The lowest BCUT2D eigenvalue weighted by molar-refractivity contribution is -0.123. The molecule has 0 radical (unpaired) electrons. The molecule has 5 nitrogen and oxygen atoms in total. The molecule has 0 spiro atoms. The topological polar surface area (TPSA) is 63.4 Å². The predicted molar refractivity (Wildman–Crippen MR) is 93.5 cm³/mol. The fourth-order valence-corrected chi connectivity index (χ4v) is 2.48. The van der Waals surface area contributed by atoms with E-state index in [9.17, 15) is 4.79 Å². The molecule has 0 aliphatic rings. The Morgan fingerprint density at radius 1 is 1.08 bits per heavy atom. The van der Waals surface area contributed by atoms with Gasteiger partial charge in [0.1, 0.15) is 11.5 Å². The van der Waals surface area contributed by atoms with Gasteiger partial charge in [0.25, 0.3) is 5.91 Å². The number of H-pyrrole nitrogens is 1. The predicted octanol–water partition coefficient (Wildman–Crippen LogP) is 2.91. The molecule has 0 aliphatic carbocycles. The largest absolute Gasteiger partial charge is 0.497 e. The number of methoxy groups -OCH3 is 1. The summed E-state index contributed by atoms with van der Waals surface area (Å²) < 4.78 is 10.5. The van der Waals surface area contributed by atoms with Gasteiger partial charge in [-0.15, -0.1) is 0 Å². The summed E-state index contributed by atoms with van der Waals surface area (Å²) in [6.45, 7) is 0.566. The molecule has 3 rings (SSSR count). The van der Waals surface area contributed by atoms with Crippen LogP contribution in [0.4, 0.5) is 0 Å². The molecule has 24 heavy (non-hydrogen) atoms. The molecule has 0 bridgehead atoms. The maximum atomic E-state index is 11.8. The Hall–Kier alpha value is -2.95. The van der Waals surface area contributed by atoms with Crippen LogP contribution in [0, 0.1) is 0 Å². The van der Waals surface area contributed by atoms with E-state index in [4.69, 9.17) is 9.47 Å². The summed E-state index contributed by atoms with van der Waals surface area (Å²) in [5.41, 5.74) is 2.22. The number of hydrogen-bond donors (Lipinski definition) is 2. The third-order valence-corrected chi connectivity index (χ3v) is 3.73. The Bertz CT molecular complexity index is 776. The third kappa shape index (κ3) is 4.07. The number of hydrogen-bond acceptors (Lipinski definition) is 3. The van der Waals surface area contributed by atoms with Crippen molar-refractivity contribution in [3.63, 3.8) is 0 Å². The Labute approximate surface area is 140 Å². The maximum absolute atomic E-state index is 11.8. The molecule has 124 valence electrons. The number of benzene rings is 2. The maximum Gasteiger partial charge on any atom is 0.257 e. The Morgan fingerprint density at radius 2 is 1.83 bits per heavy atom. The van der Waals surface area contributed by atoms with Crippen LogP contribution in [0.3, 0.4) is 0 Å². The van der Waals surface area contributed by atoms with E-state index < -0.39 is 0 Å². The van der Waals surface area contributed by atoms with Crippen LogP contribution in [0.5, 0.6) is 11.5 Å². The molecule has 1 aromatic heterocycles. The second kappa shape index (κ2) is 7.55. The van der Waals surface area contributed by atoms with Gasteiger partial charge in [0.2, 0.25) is 0 Å². The molecule has 5 heteroatoms. The summed E-state index contributed by atoms with van der Waals surface area (Å²) in [6.07, 6.45) is 0.753. The molecule has 1 amide bonds. The number of aromatic amines is 1. The van der Waals surface area contributed by atoms with Crippen LogP contribution in [0.2, 0.25) is 0 Å². The van der Waals surface area contributed by atoms with Crippen LogP contribution in [0.25, 0.3) is 10.9 Å². The highest BCUT2D eigenvalue weighted by molar-refractivity contribution is 5.80. The second-order valence-electron chi connectivity index (χ2n) is 5.45. The average Bonchev–Trinajstić information content (AvgIpc) is 3.03. The highest BCUT2D eigenvalue weighted by Gasteiger charge is 2.04. The zero-order chi connectivity index (χ0) is 16.8. The van der Waals surface area contributed by atoms with Gasteiger partial charge in [0.15, 0.2) is 6.61 Å². The molecule has 0 aliphatic heterocycles. The molecule has 0 atom stereocenters. The van der Waals surface area contributed by atoms with Crippen molar-refractivity contribution in [1.29, 1.82) is 0 Å². The minimum absolute atomic E-state index is 0.000962. The zero-order valence-electron chi connectivity index (χ0n) is 13.5. The summed E-state index contributed by atoms with van der Waals surface area (Å²) in [5, 5.41) is 4.04. The number of nitrogens with one attached hydrogen (secondary N) is 2. The Morgan fingerprint density at radius 3 is 2.58 bits per heavy atom. The van der Waals surface area contributed by atoms with E-state index in [0.29, 0.717) is 12.3 Å². The van der Waals surface area contributed by atoms with E-state index in [1.807, 2.05) is 18.2 Å². The normalized spacial score (nSPS) is 10.5. The van der Waals surface area contributed by atoms with Crippen LogP contribution in [-0.2, 0) is 11.2 Å². The molecule has 2 aromatic carbocycles. The number of fused-ring (bicyclic) bond motifs is 1. The first kappa shape index (κ1) is 15.9. The number of carbonyl (C=O) groups is 1. The molecule has 0 saturated carbocycles. The van der Waals surface area contributed by atoms with E-state index in [2.05, 4.69) is 22.4 Å². The van der Waals surface area contributed by atoms with Crippen molar-refractivity contribution in [1.82, 2.24) is 10.3 Å². The van der Waals surface area contributed by atoms with Crippen molar-refractivity contribution in [2.45, 2.75) is 6.42 Å². The minimum Gasteiger partial charge on any atom is -0.497 e. The molecular weight excluding hydrogens is 304 g/mol. The number of para-hydroxylation sites is 1. The van der Waals surface area contributed by atoms with Crippen LogP contribution in [0.1, 0.15) is 5.69 Å². The highest BCUT2D eigenvalue weighted by Crippen LogP contribution is 2.17. The van der Waals surface area contributed by atoms with Gasteiger partial charge in [-0.25, -0.2) is 0 Å². The van der Waals surface area contributed by atoms with Crippen LogP contribution >= 0.6 is 0 Å². The van der Waals surface area contributed by atoms with Gasteiger partial charge in [-0.2, -0.15) is 0 Å². The lowest BCUT2D eigenvalue weighted by Gasteiger charge is -2.07.